The zero-order valence-corrected chi connectivity index (χ0v) is 12.1. The van der Waals surface area contributed by atoms with Gasteiger partial charge in [0.25, 0.3) is 0 Å². The van der Waals surface area contributed by atoms with Crippen LogP contribution >= 0.6 is 0 Å². The second kappa shape index (κ2) is 5.40. The van der Waals surface area contributed by atoms with Crippen LogP contribution in [0.15, 0.2) is 18.2 Å². The molecule has 5 heteroatoms. The fourth-order valence-electron chi connectivity index (χ4n) is 2.66. The largest absolute Gasteiger partial charge is 0.388 e. The van der Waals surface area contributed by atoms with Gasteiger partial charge in [-0.1, -0.05) is 6.07 Å². The molecule has 20 heavy (non-hydrogen) atoms. The number of aliphatic hydroxyl groups is 1. The number of anilines is 1. The van der Waals surface area contributed by atoms with E-state index in [-0.39, 0.29) is 17.9 Å². The molecule has 110 valence electrons. The van der Waals surface area contributed by atoms with Gasteiger partial charge < -0.3 is 15.3 Å². The second-order valence-corrected chi connectivity index (χ2v) is 5.89. The van der Waals surface area contributed by atoms with E-state index in [1.807, 2.05) is 6.92 Å². The summed E-state index contributed by atoms with van der Waals surface area (Å²) >= 11 is 0. The van der Waals surface area contributed by atoms with Gasteiger partial charge in [-0.3, -0.25) is 0 Å². The average molecular weight is 280 g/mol. The van der Waals surface area contributed by atoms with E-state index < -0.39 is 5.60 Å². The number of halogens is 1. The first-order valence-corrected chi connectivity index (χ1v) is 6.85. The lowest BCUT2D eigenvalue weighted by Crippen LogP contribution is -2.49. The maximum atomic E-state index is 13.2. The van der Waals surface area contributed by atoms with Gasteiger partial charge in [-0.2, -0.15) is 0 Å². The van der Waals surface area contributed by atoms with Gasteiger partial charge in [0, 0.05) is 12.2 Å². The van der Waals surface area contributed by atoms with Crippen LogP contribution in [0.4, 0.5) is 14.9 Å². The van der Waals surface area contributed by atoms with Gasteiger partial charge in [0.15, 0.2) is 0 Å². The Morgan fingerprint density at radius 3 is 2.85 bits per heavy atom. The minimum absolute atomic E-state index is 0.212. The first kappa shape index (κ1) is 14.8. The smallest absolute Gasteiger partial charge is 0.322 e. The summed E-state index contributed by atoms with van der Waals surface area (Å²) in [6.07, 6.45) is 1.64. The Hall–Kier alpha value is -1.62. The lowest BCUT2D eigenvalue weighted by Gasteiger charge is -2.33. The first-order chi connectivity index (χ1) is 9.29. The molecule has 1 aliphatic rings. The normalized spacial score (nSPS) is 19.2. The molecular weight excluding hydrogens is 259 g/mol. The summed E-state index contributed by atoms with van der Waals surface area (Å²) in [7, 11) is 0. The summed E-state index contributed by atoms with van der Waals surface area (Å²) in [6.45, 7) is 5.83. The van der Waals surface area contributed by atoms with E-state index in [0.717, 1.165) is 18.4 Å². The molecular formula is C15H21FN2O2. The monoisotopic (exact) mass is 280 g/mol. The van der Waals surface area contributed by atoms with Crippen molar-refractivity contribution >= 4 is 11.7 Å². The molecule has 1 saturated heterocycles. The van der Waals surface area contributed by atoms with Crippen molar-refractivity contribution in [3.63, 3.8) is 0 Å². The number of aryl methyl sites for hydroxylation is 1. The van der Waals surface area contributed by atoms with Crippen LogP contribution in [0, 0.1) is 12.7 Å². The van der Waals surface area contributed by atoms with Gasteiger partial charge in [0.05, 0.1) is 11.6 Å². The number of carbonyl (C=O) groups excluding carboxylic acids is 1. The van der Waals surface area contributed by atoms with Crippen LogP contribution in [0.2, 0.25) is 0 Å². The predicted octanol–water partition coefficient (Wildman–Crippen LogP) is 2.90. The van der Waals surface area contributed by atoms with Crippen molar-refractivity contribution < 1.29 is 14.3 Å². The van der Waals surface area contributed by atoms with Crippen molar-refractivity contribution in [3.8, 4) is 0 Å². The molecule has 1 heterocycles. The summed E-state index contributed by atoms with van der Waals surface area (Å²) in [4.78, 5) is 13.9. The number of hydrogen-bond donors (Lipinski definition) is 2. The Labute approximate surface area is 118 Å². The fourth-order valence-corrected chi connectivity index (χ4v) is 2.66. The van der Waals surface area contributed by atoms with Gasteiger partial charge in [-0.05, 0) is 51.3 Å². The third kappa shape index (κ3) is 3.10. The van der Waals surface area contributed by atoms with Crippen molar-refractivity contribution in [3.05, 3.63) is 29.6 Å². The number of carbonyl (C=O) groups is 1. The number of urea groups is 1. The van der Waals surface area contributed by atoms with E-state index in [4.69, 9.17) is 0 Å². The summed E-state index contributed by atoms with van der Waals surface area (Å²) in [5.41, 5.74) is 0.334. The molecule has 0 aromatic heterocycles. The van der Waals surface area contributed by atoms with Gasteiger partial charge in [0.1, 0.15) is 5.82 Å². The highest BCUT2D eigenvalue weighted by atomic mass is 19.1. The summed E-state index contributed by atoms with van der Waals surface area (Å²) in [5, 5.41) is 12.9. The Morgan fingerprint density at radius 2 is 2.20 bits per heavy atom. The highest BCUT2D eigenvalue weighted by Gasteiger charge is 2.38. The van der Waals surface area contributed by atoms with E-state index in [1.165, 1.54) is 12.1 Å². The van der Waals surface area contributed by atoms with E-state index in [2.05, 4.69) is 5.32 Å². The molecule has 0 bridgehead atoms. The van der Waals surface area contributed by atoms with Gasteiger partial charge >= 0.3 is 6.03 Å². The quantitative estimate of drug-likeness (QED) is 0.875. The molecule has 0 spiro atoms. The molecule has 1 atom stereocenters. The van der Waals surface area contributed by atoms with Crippen LogP contribution in [-0.4, -0.2) is 34.2 Å². The minimum Gasteiger partial charge on any atom is -0.388 e. The van der Waals surface area contributed by atoms with Gasteiger partial charge in [0.2, 0.25) is 0 Å². The molecule has 0 radical (unpaired) electrons. The Morgan fingerprint density at radius 1 is 1.50 bits per heavy atom. The van der Waals surface area contributed by atoms with E-state index >= 15 is 0 Å². The van der Waals surface area contributed by atoms with Crippen molar-refractivity contribution in [2.24, 2.45) is 0 Å². The number of nitrogens with zero attached hydrogens (tertiary/aromatic N) is 1. The molecule has 2 rings (SSSR count). The molecule has 4 nitrogen and oxygen atoms in total. The van der Waals surface area contributed by atoms with Crippen molar-refractivity contribution in [2.75, 3.05) is 11.9 Å². The van der Waals surface area contributed by atoms with Gasteiger partial charge in [-0.25, -0.2) is 9.18 Å². The van der Waals surface area contributed by atoms with Crippen LogP contribution in [0.25, 0.3) is 0 Å². The van der Waals surface area contributed by atoms with E-state index in [1.54, 1.807) is 24.8 Å². The molecule has 0 aliphatic carbocycles. The topological polar surface area (TPSA) is 52.6 Å². The lowest BCUT2D eigenvalue weighted by atomic mass is 9.97. The SMILES string of the molecule is Cc1ccc(F)cc1NC(=O)N1CCCC1C(C)(C)O. The molecule has 1 aliphatic heterocycles. The van der Waals surface area contributed by atoms with Crippen LogP contribution in [0.1, 0.15) is 32.3 Å². The van der Waals surface area contributed by atoms with Crippen LogP contribution < -0.4 is 5.32 Å². The van der Waals surface area contributed by atoms with Crippen molar-refractivity contribution in [1.29, 1.82) is 0 Å². The van der Waals surface area contributed by atoms with Crippen molar-refractivity contribution in [2.45, 2.75) is 45.3 Å². The molecule has 1 unspecified atom stereocenters. The van der Waals surface area contributed by atoms with E-state index in [9.17, 15) is 14.3 Å². The number of amides is 2. The first-order valence-electron chi connectivity index (χ1n) is 6.85. The van der Waals surface area contributed by atoms with Crippen LogP contribution in [-0.2, 0) is 0 Å². The Bertz CT molecular complexity index is 511. The Kier molecular flexibility index (Phi) is 3.99. The fraction of sp³-hybridized carbons (Fsp3) is 0.533. The third-order valence-electron chi connectivity index (χ3n) is 3.77. The summed E-state index contributed by atoms with van der Waals surface area (Å²) < 4.78 is 13.2. The maximum absolute atomic E-state index is 13.2. The third-order valence-corrected chi connectivity index (χ3v) is 3.77. The van der Waals surface area contributed by atoms with E-state index in [0.29, 0.717) is 12.2 Å². The zero-order chi connectivity index (χ0) is 14.9. The molecule has 2 amide bonds. The highest BCUT2D eigenvalue weighted by Crippen LogP contribution is 2.27. The molecule has 1 aromatic carbocycles. The van der Waals surface area contributed by atoms with Gasteiger partial charge in [-0.15, -0.1) is 0 Å². The number of rotatable bonds is 2. The average Bonchev–Trinajstić information content (AvgIpc) is 2.82. The minimum atomic E-state index is -0.940. The maximum Gasteiger partial charge on any atom is 0.322 e. The number of nitrogens with one attached hydrogen (secondary N) is 1. The molecule has 2 N–H and O–H groups in total. The number of likely N-dealkylation sites (tertiary alicyclic amines) is 1. The standard InChI is InChI=1S/C15H21FN2O2/c1-10-6-7-11(16)9-12(10)17-14(19)18-8-4-5-13(18)15(2,3)20/h6-7,9,13,20H,4-5,8H2,1-3H3,(H,17,19). The number of hydrogen-bond acceptors (Lipinski definition) is 2. The van der Waals surface area contributed by atoms with Crippen LogP contribution in [0.3, 0.4) is 0 Å². The van der Waals surface area contributed by atoms with Crippen molar-refractivity contribution in [1.82, 2.24) is 4.90 Å². The Balaban J connectivity index is 2.14. The molecule has 0 saturated carbocycles. The lowest BCUT2D eigenvalue weighted by molar-refractivity contribution is 0.0117. The number of benzene rings is 1. The highest BCUT2D eigenvalue weighted by molar-refractivity contribution is 5.90. The summed E-state index contributed by atoms with van der Waals surface area (Å²) in [6, 6.07) is 3.80. The molecule has 1 aromatic rings. The zero-order valence-electron chi connectivity index (χ0n) is 12.1. The predicted molar refractivity (Wildman–Crippen MR) is 76.2 cm³/mol. The van der Waals surface area contributed by atoms with Crippen LogP contribution in [0.5, 0.6) is 0 Å². The summed E-state index contributed by atoms with van der Waals surface area (Å²) in [5.74, 6) is -0.383. The second-order valence-electron chi connectivity index (χ2n) is 5.89. The molecule has 1 fully saturated rings.